The van der Waals surface area contributed by atoms with Crippen LogP contribution in [0.2, 0.25) is 0 Å². The second-order valence-corrected chi connectivity index (χ2v) is 6.06. The fraction of sp³-hybridized carbons (Fsp3) is 0.150. The molecule has 28 heavy (non-hydrogen) atoms. The van der Waals surface area contributed by atoms with Crippen LogP contribution in [0.5, 0.6) is 0 Å². The topological polar surface area (TPSA) is 59.8 Å². The maximum Gasteiger partial charge on any atom is 0.416 e. The van der Waals surface area contributed by atoms with Gasteiger partial charge in [0.25, 0.3) is 0 Å². The Morgan fingerprint density at radius 3 is 2.46 bits per heavy atom. The van der Waals surface area contributed by atoms with Crippen LogP contribution in [0, 0.1) is 0 Å². The van der Waals surface area contributed by atoms with E-state index in [1.54, 1.807) is 12.3 Å². The Morgan fingerprint density at radius 2 is 1.79 bits per heavy atom. The molecule has 3 rings (SSSR count). The minimum atomic E-state index is -4.36. The number of carbonyl (C=O) groups is 1. The number of hydrogen-bond donors (Lipinski definition) is 1. The minimum absolute atomic E-state index is 0.199. The Balaban J connectivity index is 1.51. The van der Waals surface area contributed by atoms with Gasteiger partial charge in [-0.25, -0.2) is 4.68 Å². The summed E-state index contributed by atoms with van der Waals surface area (Å²) in [6, 6.07) is 14.3. The zero-order chi connectivity index (χ0) is 20.0. The quantitative estimate of drug-likeness (QED) is 0.658. The van der Waals surface area contributed by atoms with E-state index < -0.39 is 11.7 Å². The van der Waals surface area contributed by atoms with Crippen LogP contribution < -0.4 is 5.32 Å². The summed E-state index contributed by atoms with van der Waals surface area (Å²) in [5.41, 5.74) is 1.44. The lowest BCUT2D eigenvalue weighted by atomic mass is 10.1. The maximum absolute atomic E-state index is 12.6. The van der Waals surface area contributed by atoms with Crippen molar-refractivity contribution in [2.75, 3.05) is 0 Å². The average Bonchev–Trinajstić information content (AvgIpc) is 3.12. The van der Waals surface area contributed by atoms with Gasteiger partial charge in [0.05, 0.1) is 24.8 Å². The number of amides is 1. The largest absolute Gasteiger partial charge is 0.416 e. The number of nitrogens with zero attached hydrogens (tertiary/aromatic N) is 3. The first kappa shape index (κ1) is 19.3. The zero-order valence-electron chi connectivity index (χ0n) is 14.7. The molecule has 0 fully saturated rings. The molecule has 0 atom stereocenters. The second kappa shape index (κ2) is 8.51. The molecule has 1 heterocycles. The summed E-state index contributed by atoms with van der Waals surface area (Å²) in [6.07, 6.45) is 0.420. The third kappa shape index (κ3) is 5.54. The van der Waals surface area contributed by atoms with Gasteiger partial charge >= 0.3 is 6.18 Å². The average molecular weight is 386 g/mol. The number of carbonyl (C=O) groups excluding carboxylic acids is 1. The summed E-state index contributed by atoms with van der Waals surface area (Å²) in [5.74, 6) is -0.263. The number of nitrogens with one attached hydrogen (secondary N) is 1. The SMILES string of the molecule is O=C(/C=C/c1ccccc1)NCc1cn(Cc2ccc(C(F)(F)F)cc2)nn1. The number of halogens is 3. The Bertz CT molecular complexity index is 948. The fourth-order valence-electron chi connectivity index (χ4n) is 2.46. The second-order valence-electron chi connectivity index (χ2n) is 6.06. The highest BCUT2D eigenvalue weighted by Crippen LogP contribution is 2.29. The van der Waals surface area contributed by atoms with Crippen LogP contribution in [0.4, 0.5) is 13.2 Å². The molecule has 144 valence electrons. The fourth-order valence-corrected chi connectivity index (χ4v) is 2.46. The molecule has 0 aliphatic heterocycles. The highest BCUT2D eigenvalue weighted by atomic mass is 19.4. The van der Waals surface area contributed by atoms with Crippen molar-refractivity contribution in [2.24, 2.45) is 0 Å². The predicted molar refractivity (Wildman–Crippen MR) is 97.9 cm³/mol. The van der Waals surface area contributed by atoms with Crippen LogP contribution in [0.1, 0.15) is 22.4 Å². The summed E-state index contributed by atoms with van der Waals surface area (Å²) in [5, 5.41) is 10.6. The summed E-state index contributed by atoms with van der Waals surface area (Å²) < 4.78 is 39.3. The maximum atomic E-state index is 12.6. The van der Waals surface area contributed by atoms with E-state index in [4.69, 9.17) is 0 Å². The summed E-state index contributed by atoms with van der Waals surface area (Å²) in [6.45, 7) is 0.484. The van der Waals surface area contributed by atoms with Crippen molar-refractivity contribution in [3.8, 4) is 0 Å². The Hall–Kier alpha value is -3.42. The molecule has 0 radical (unpaired) electrons. The van der Waals surface area contributed by atoms with E-state index in [1.807, 2.05) is 30.3 Å². The first-order chi connectivity index (χ1) is 13.4. The van der Waals surface area contributed by atoms with E-state index in [-0.39, 0.29) is 19.0 Å². The minimum Gasteiger partial charge on any atom is -0.347 e. The van der Waals surface area contributed by atoms with E-state index in [0.29, 0.717) is 11.3 Å². The smallest absolute Gasteiger partial charge is 0.347 e. The van der Waals surface area contributed by atoms with Crippen molar-refractivity contribution in [1.82, 2.24) is 20.3 Å². The molecule has 0 saturated carbocycles. The van der Waals surface area contributed by atoms with Crippen molar-refractivity contribution in [2.45, 2.75) is 19.3 Å². The molecule has 1 amide bonds. The number of aromatic nitrogens is 3. The normalized spacial score (nSPS) is 11.7. The van der Waals surface area contributed by atoms with Crippen molar-refractivity contribution >= 4 is 12.0 Å². The van der Waals surface area contributed by atoms with E-state index >= 15 is 0 Å². The zero-order valence-corrected chi connectivity index (χ0v) is 14.7. The molecular formula is C20H17F3N4O. The van der Waals surface area contributed by atoms with Crippen LogP contribution in [0.3, 0.4) is 0 Å². The van der Waals surface area contributed by atoms with Crippen LogP contribution in [-0.2, 0) is 24.1 Å². The molecule has 0 bridgehead atoms. The van der Waals surface area contributed by atoms with Gasteiger partial charge in [-0.15, -0.1) is 5.10 Å². The van der Waals surface area contributed by atoms with Gasteiger partial charge in [-0.1, -0.05) is 47.7 Å². The van der Waals surface area contributed by atoms with E-state index in [0.717, 1.165) is 17.7 Å². The van der Waals surface area contributed by atoms with Crippen LogP contribution in [-0.4, -0.2) is 20.9 Å². The molecule has 8 heteroatoms. The van der Waals surface area contributed by atoms with Crippen molar-refractivity contribution in [3.63, 3.8) is 0 Å². The van der Waals surface area contributed by atoms with Crippen molar-refractivity contribution in [1.29, 1.82) is 0 Å². The van der Waals surface area contributed by atoms with Crippen LogP contribution >= 0.6 is 0 Å². The van der Waals surface area contributed by atoms with Gasteiger partial charge in [-0.3, -0.25) is 4.79 Å². The van der Waals surface area contributed by atoms with Gasteiger partial charge in [0.1, 0.15) is 5.69 Å². The highest BCUT2D eigenvalue weighted by molar-refractivity contribution is 5.91. The molecule has 1 aromatic heterocycles. The number of benzene rings is 2. The standard InChI is InChI=1S/C20H17F3N4O/c21-20(22,23)17-9-6-16(7-10-17)13-27-14-18(25-26-27)12-24-19(28)11-8-15-4-2-1-3-5-15/h1-11,14H,12-13H2,(H,24,28)/b11-8+. The molecule has 1 N–H and O–H groups in total. The van der Waals surface area contributed by atoms with E-state index in [2.05, 4.69) is 15.6 Å². The monoisotopic (exact) mass is 386 g/mol. The first-order valence-corrected chi connectivity index (χ1v) is 8.46. The Kier molecular flexibility index (Phi) is 5.88. The third-order valence-corrected chi connectivity index (χ3v) is 3.88. The Labute approximate surface area is 159 Å². The molecule has 0 aliphatic carbocycles. The lowest BCUT2D eigenvalue weighted by Crippen LogP contribution is -2.20. The molecule has 0 spiro atoms. The van der Waals surface area contributed by atoms with Crippen molar-refractivity contribution < 1.29 is 18.0 Å². The van der Waals surface area contributed by atoms with Crippen LogP contribution in [0.15, 0.2) is 66.9 Å². The third-order valence-electron chi connectivity index (χ3n) is 3.88. The van der Waals surface area contributed by atoms with Gasteiger partial charge in [0, 0.05) is 6.08 Å². The van der Waals surface area contributed by atoms with Gasteiger partial charge in [-0.05, 0) is 29.3 Å². The van der Waals surface area contributed by atoms with Crippen LogP contribution in [0.25, 0.3) is 6.08 Å². The van der Waals surface area contributed by atoms with Gasteiger partial charge < -0.3 is 5.32 Å². The number of rotatable bonds is 6. The number of alkyl halides is 3. The predicted octanol–water partition coefficient (Wildman–Crippen LogP) is 3.67. The highest BCUT2D eigenvalue weighted by Gasteiger charge is 2.29. The molecule has 2 aromatic carbocycles. The van der Waals surface area contributed by atoms with Gasteiger partial charge in [0.2, 0.25) is 5.91 Å². The molecule has 3 aromatic rings. The Morgan fingerprint density at radius 1 is 1.07 bits per heavy atom. The lowest BCUT2D eigenvalue weighted by molar-refractivity contribution is -0.137. The van der Waals surface area contributed by atoms with E-state index in [1.165, 1.54) is 22.9 Å². The summed E-state index contributed by atoms with van der Waals surface area (Å²) in [4.78, 5) is 11.9. The van der Waals surface area contributed by atoms with Gasteiger partial charge in [-0.2, -0.15) is 13.2 Å². The van der Waals surface area contributed by atoms with Gasteiger partial charge in [0.15, 0.2) is 0 Å². The summed E-state index contributed by atoms with van der Waals surface area (Å²) >= 11 is 0. The molecule has 0 aliphatic rings. The lowest BCUT2D eigenvalue weighted by Gasteiger charge is -2.07. The molecule has 5 nitrogen and oxygen atoms in total. The summed E-state index contributed by atoms with van der Waals surface area (Å²) in [7, 11) is 0. The van der Waals surface area contributed by atoms with E-state index in [9.17, 15) is 18.0 Å². The molecular weight excluding hydrogens is 369 g/mol. The first-order valence-electron chi connectivity index (χ1n) is 8.46. The molecule has 0 unspecified atom stereocenters. The number of hydrogen-bond acceptors (Lipinski definition) is 3. The molecule has 0 saturated heterocycles. The van der Waals surface area contributed by atoms with Crippen molar-refractivity contribution in [3.05, 3.63) is 89.3 Å².